The van der Waals surface area contributed by atoms with Gasteiger partial charge in [-0.25, -0.2) is 18.2 Å². The van der Waals surface area contributed by atoms with E-state index < -0.39 is 15.8 Å². The second kappa shape index (κ2) is 5.40. The number of pyridine rings is 1. The molecule has 1 unspecified atom stereocenters. The molecule has 2 heterocycles. The van der Waals surface area contributed by atoms with Gasteiger partial charge < -0.3 is 10.0 Å². The van der Waals surface area contributed by atoms with E-state index in [0.29, 0.717) is 24.4 Å². The van der Waals surface area contributed by atoms with Gasteiger partial charge in [0.1, 0.15) is 5.82 Å². The van der Waals surface area contributed by atoms with Crippen molar-refractivity contribution in [3.8, 4) is 0 Å². The number of carboxylic acids is 1. The summed E-state index contributed by atoms with van der Waals surface area (Å²) in [5.41, 5.74) is 0.868. The maximum atomic E-state index is 11.5. The van der Waals surface area contributed by atoms with Crippen LogP contribution >= 0.6 is 0 Å². The van der Waals surface area contributed by atoms with Crippen molar-refractivity contribution < 1.29 is 18.3 Å². The largest absolute Gasteiger partial charge is 0.478 e. The molecule has 20 heavy (non-hydrogen) atoms. The first kappa shape index (κ1) is 14.8. The normalized spacial score (nSPS) is 20.8. The topological polar surface area (TPSA) is 87.6 Å². The number of nitrogens with zero attached hydrogens (tertiary/aromatic N) is 2. The highest BCUT2D eigenvalue weighted by Crippen LogP contribution is 2.23. The lowest BCUT2D eigenvalue weighted by Gasteiger charge is -2.25. The maximum Gasteiger partial charge on any atom is 0.335 e. The molecule has 110 valence electrons. The number of sulfone groups is 1. The van der Waals surface area contributed by atoms with Crippen molar-refractivity contribution in [3.05, 3.63) is 23.4 Å². The van der Waals surface area contributed by atoms with Crippen molar-refractivity contribution in [2.75, 3.05) is 23.5 Å². The Balaban J connectivity index is 2.32. The van der Waals surface area contributed by atoms with Gasteiger partial charge in [-0.1, -0.05) is 6.92 Å². The fourth-order valence-corrected chi connectivity index (χ4v) is 4.10. The smallest absolute Gasteiger partial charge is 0.335 e. The van der Waals surface area contributed by atoms with Crippen molar-refractivity contribution in [1.29, 1.82) is 0 Å². The molecule has 0 aliphatic carbocycles. The SMILES string of the molecule is CCc1cc(C(=O)O)cc(N(C)C2CCS(=O)(=O)C2)n1. The molecule has 0 spiro atoms. The fourth-order valence-electron chi connectivity index (χ4n) is 2.33. The number of aromatic carboxylic acids is 1. The summed E-state index contributed by atoms with van der Waals surface area (Å²) in [5, 5.41) is 9.12. The Morgan fingerprint density at radius 2 is 2.20 bits per heavy atom. The van der Waals surface area contributed by atoms with Crippen LogP contribution in [0.4, 0.5) is 5.82 Å². The third kappa shape index (κ3) is 3.09. The minimum Gasteiger partial charge on any atom is -0.478 e. The van der Waals surface area contributed by atoms with Crippen LogP contribution in [0.1, 0.15) is 29.4 Å². The van der Waals surface area contributed by atoms with Gasteiger partial charge in [-0.05, 0) is 25.0 Å². The van der Waals surface area contributed by atoms with Gasteiger partial charge in [0.15, 0.2) is 9.84 Å². The Bertz CT molecular complexity index is 627. The van der Waals surface area contributed by atoms with E-state index in [2.05, 4.69) is 4.98 Å². The standard InChI is InChI=1S/C13H18N2O4S/c1-3-10-6-9(13(16)17)7-12(14-10)15(2)11-4-5-20(18,19)8-11/h6-7,11H,3-5,8H2,1-2H3,(H,16,17). The Morgan fingerprint density at radius 1 is 1.50 bits per heavy atom. The highest BCUT2D eigenvalue weighted by atomic mass is 32.2. The average Bonchev–Trinajstić information content (AvgIpc) is 2.77. The number of rotatable bonds is 4. The number of aromatic nitrogens is 1. The second-order valence-electron chi connectivity index (χ2n) is 5.03. The van der Waals surface area contributed by atoms with E-state index in [9.17, 15) is 13.2 Å². The molecule has 1 aromatic rings. The van der Waals surface area contributed by atoms with Crippen molar-refractivity contribution in [2.24, 2.45) is 0 Å². The maximum absolute atomic E-state index is 11.5. The number of hydrogen-bond donors (Lipinski definition) is 1. The van der Waals surface area contributed by atoms with E-state index in [1.807, 2.05) is 6.92 Å². The molecule has 2 rings (SSSR count). The Kier molecular flexibility index (Phi) is 3.99. The zero-order valence-corrected chi connectivity index (χ0v) is 12.4. The lowest BCUT2D eigenvalue weighted by atomic mass is 10.1. The van der Waals surface area contributed by atoms with Gasteiger partial charge in [0.2, 0.25) is 0 Å². The van der Waals surface area contributed by atoms with Gasteiger partial charge in [-0.3, -0.25) is 0 Å². The molecule has 0 aromatic carbocycles. The zero-order chi connectivity index (χ0) is 14.9. The van der Waals surface area contributed by atoms with E-state index in [-0.39, 0.29) is 23.1 Å². The molecular weight excluding hydrogens is 280 g/mol. The van der Waals surface area contributed by atoms with Crippen molar-refractivity contribution in [1.82, 2.24) is 4.98 Å². The minimum atomic E-state index is -2.98. The molecule has 1 atom stereocenters. The average molecular weight is 298 g/mol. The van der Waals surface area contributed by atoms with Gasteiger partial charge in [0.25, 0.3) is 0 Å². The summed E-state index contributed by atoms with van der Waals surface area (Å²) >= 11 is 0. The number of carboxylic acid groups (broad SMARTS) is 1. The van der Waals surface area contributed by atoms with Crippen molar-refractivity contribution in [3.63, 3.8) is 0 Å². The summed E-state index contributed by atoms with van der Waals surface area (Å²) in [7, 11) is -1.21. The molecular formula is C13H18N2O4S. The molecule has 0 radical (unpaired) electrons. The molecule has 1 aliphatic heterocycles. The van der Waals surface area contributed by atoms with Crippen LogP contribution in [-0.2, 0) is 16.3 Å². The summed E-state index contributed by atoms with van der Waals surface area (Å²) in [6.45, 7) is 1.90. The van der Waals surface area contributed by atoms with E-state index in [0.717, 1.165) is 0 Å². The number of anilines is 1. The van der Waals surface area contributed by atoms with Gasteiger partial charge in [0, 0.05) is 18.8 Å². The summed E-state index contributed by atoms with van der Waals surface area (Å²) < 4.78 is 23.1. The monoisotopic (exact) mass is 298 g/mol. The van der Waals surface area contributed by atoms with Crippen LogP contribution in [0.3, 0.4) is 0 Å². The number of hydrogen-bond acceptors (Lipinski definition) is 5. The number of aryl methyl sites for hydroxylation is 1. The third-order valence-corrected chi connectivity index (χ3v) is 5.34. The molecule has 0 saturated carbocycles. The molecule has 7 heteroatoms. The summed E-state index contributed by atoms with van der Waals surface area (Å²) in [5.74, 6) is -0.204. The van der Waals surface area contributed by atoms with Crippen LogP contribution in [0, 0.1) is 0 Å². The highest BCUT2D eigenvalue weighted by molar-refractivity contribution is 7.91. The zero-order valence-electron chi connectivity index (χ0n) is 11.5. The van der Waals surface area contributed by atoms with Gasteiger partial charge in [-0.15, -0.1) is 0 Å². The number of carbonyl (C=O) groups is 1. The lowest BCUT2D eigenvalue weighted by Crippen LogP contribution is -2.33. The van der Waals surface area contributed by atoms with Crippen LogP contribution < -0.4 is 4.90 Å². The molecule has 1 saturated heterocycles. The lowest BCUT2D eigenvalue weighted by molar-refractivity contribution is 0.0696. The third-order valence-electron chi connectivity index (χ3n) is 3.59. The molecule has 1 aliphatic rings. The van der Waals surface area contributed by atoms with Crippen LogP contribution in [0.5, 0.6) is 0 Å². The second-order valence-corrected chi connectivity index (χ2v) is 7.26. The van der Waals surface area contributed by atoms with Crippen molar-refractivity contribution >= 4 is 21.6 Å². The molecule has 0 amide bonds. The Hall–Kier alpha value is -1.63. The van der Waals surface area contributed by atoms with Crippen LogP contribution in [0.15, 0.2) is 12.1 Å². The first-order valence-corrected chi connectivity index (χ1v) is 8.32. The van der Waals surface area contributed by atoms with Crippen molar-refractivity contribution in [2.45, 2.75) is 25.8 Å². The first-order chi connectivity index (χ1) is 9.32. The van der Waals surface area contributed by atoms with Gasteiger partial charge in [-0.2, -0.15) is 0 Å². The van der Waals surface area contributed by atoms with Gasteiger partial charge in [0.05, 0.1) is 17.1 Å². The molecule has 6 nitrogen and oxygen atoms in total. The molecule has 1 fully saturated rings. The van der Waals surface area contributed by atoms with Crippen LogP contribution in [0.2, 0.25) is 0 Å². The quantitative estimate of drug-likeness (QED) is 0.891. The summed E-state index contributed by atoms with van der Waals surface area (Å²) in [4.78, 5) is 17.3. The van der Waals surface area contributed by atoms with E-state index in [1.54, 1.807) is 18.0 Å². The van der Waals surface area contributed by atoms with E-state index in [1.165, 1.54) is 6.07 Å². The highest BCUT2D eigenvalue weighted by Gasteiger charge is 2.31. The molecule has 1 N–H and O–H groups in total. The predicted octanol–water partition coefficient (Wildman–Crippen LogP) is 0.966. The minimum absolute atomic E-state index is 0.101. The molecule has 1 aromatic heterocycles. The first-order valence-electron chi connectivity index (χ1n) is 6.50. The van der Waals surface area contributed by atoms with Crippen LogP contribution in [-0.4, -0.2) is 49.1 Å². The van der Waals surface area contributed by atoms with Crippen LogP contribution in [0.25, 0.3) is 0 Å². The van der Waals surface area contributed by atoms with Gasteiger partial charge >= 0.3 is 5.97 Å². The predicted molar refractivity (Wildman–Crippen MR) is 76.0 cm³/mol. The van der Waals surface area contributed by atoms with E-state index in [4.69, 9.17) is 5.11 Å². The molecule has 0 bridgehead atoms. The Labute approximate surface area is 118 Å². The summed E-state index contributed by atoms with van der Waals surface area (Å²) in [6, 6.07) is 2.90. The summed E-state index contributed by atoms with van der Waals surface area (Å²) in [6.07, 6.45) is 1.18. The Morgan fingerprint density at radius 3 is 2.70 bits per heavy atom. The van der Waals surface area contributed by atoms with E-state index >= 15 is 0 Å². The fraction of sp³-hybridized carbons (Fsp3) is 0.538.